The summed E-state index contributed by atoms with van der Waals surface area (Å²) in [6, 6.07) is 22.0. The molecule has 4 nitrogen and oxygen atoms in total. The maximum Gasteiger partial charge on any atom is 0.334 e. The summed E-state index contributed by atoms with van der Waals surface area (Å²) < 4.78 is 4.95. The van der Waals surface area contributed by atoms with Gasteiger partial charge in [-0.05, 0) is 52.9 Å². The van der Waals surface area contributed by atoms with Gasteiger partial charge in [0.15, 0.2) is 0 Å². The highest BCUT2D eigenvalue weighted by atomic mass is 16.5. The van der Waals surface area contributed by atoms with E-state index in [0.29, 0.717) is 12.1 Å². The Labute approximate surface area is 170 Å². The number of esters is 1. The van der Waals surface area contributed by atoms with Crippen LogP contribution < -0.4 is 4.90 Å². The monoisotopic (exact) mass is 385 g/mol. The highest BCUT2D eigenvalue weighted by Crippen LogP contribution is 2.28. The average Bonchev–Trinajstić information content (AvgIpc) is 2.77. The number of ether oxygens (including phenoxy) is 1. The molecule has 4 rings (SSSR count). The number of para-hydroxylation sites is 1. The molecule has 4 heteroatoms. The fourth-order valence-corrected chi connectivity index (χ4v) is 3.86. The van der Waals surface area contributed by atoms with Crippen LogP contribution in [0.1, 0.15) is 24.0 Å². The summed E-state index contributed by atoms with van der Waals surface area (Å²) in [4.78, 5) is 27.2. The summed E-state index contributed by atoms with van der Waals surface area (Å²) in [5, 5.41) is 2.21. The van der Waals surface area contributed by atoms with Gasteiger partial charge in [0.2, 0.25) is 5.91 Å². The minimum absolute atomic E-state index is 0.00777. The van der Waals surface area contributed by atoms with Crippen LogP contribution in [0, 0.1) is 0 Å². The van der Waals surface area contributed by atoms with Gasteiger partial charge in [0.1, 0.15) is 0 Å². The van der Waals surface area contributed by atoms with Crippen molar-refractivity contribution in [2.45, 2.75) is 19.3 Å². The summed E-state index contributed by atoms with van der Waals surface area (Å²) in [6.07, 6.45) is 3.65. The molecule has 3 aromatic rings. The largest absolute Gasteiger partial charge is 0.466 e. The molecule has 0 unspecified atom stereocenters. The summed E-state index contributed by atoms with van der Waals surface area (Å²) >= 11 is 0. The summed E-state index contributed by atoms with van der Waals surface area (Å²) in [5.74, 6) is -0.564. The maximum absolute atomic E-state index is 13.1. The van der Waals surface area contributed by atoms with E-state index in [0.717, 1.165) is 34.9 Å². The third-order valence-corrected chi connectivity index (χ3v) is 5.31. The Morgan fingerprint density at radius 2 is 1.76 bits per heavy atom. The number of methoxy groups -OCH3 is 1. The van der Waals surface area contributed by atoms with Gasteiger partial charge in [-0.2, -0.15) is 0 Å². The second-order valence-corrected chi connectivity index (χ2v) is 7.22. The van der Waals surface area contributed by atoms with Gasteiger partial charge in [0.25, 0.3) is 0 Å². The summed E-state index contributed by atoms with van der Waals surface area (Å²) in [5.41, 5.74) is 3.34. The third-order valence-electron chi connectivity index (χ3n) is 5.31. The number of carbonyl (C=O) groups excluding carboxylic acids is 2. The molecule has 1 aliphatic heterocycles. The van der Waals surface area contributed by atoms with Gasteiger partial charge in [0, 0.05) is 17.8 Å². The lowest BCUT2D eigenvalue weighted by Crippen LogP contribution is -2.36. The third kappa shape index (κ3) is 4.06. The van der Waals surface area contributed by atoms with Crippen molar-refractivity contribution >= 4 is 34.4 Å². The van der Waals surface area contributed by atoms with Crippen molar-refractivity contribution in [3.8, 4) is 0 Å². The van der Waals surface area contributed by atoms with Gasteiger partial charge in [-0.25, -0.2) is 4.79 Å². The van der Waals surface area contributed by atoms with Gasteiger partial charge < -0.3 is 9.64 Å². The number of hydrogen-bond acceptors (Lipinski definition) is 3. The van der Waals surface area contributed by atoms with Crippen LogP contribution in [0.25, 0.3) is 16.8 Å². The number of fused-ring (bicyclic) bond motifs is 2. The highest BCUT2D eigenvalue weighted by molar-refractivity contribution is 6.04. The van der Waals surface area contributed by atoms with E-state index in [1.54, 1.807) is 11.0 Å². The van der Waals surface area contributed by atoms with Crippen LogP contribution in [-0.4, -0.2) is 25.5 Å². The molecule has 0 N–H and O–H groups in total. The van der Waals surface area contributed by atoms with Gasteiger partial charge in [-0.1, -0.05) is 54.6 Å². The molecule has 0 saturated carbocycles. The molecule has 0 fully saturated rings. The van der Waals surface area contributed by atoms with Crippen LogP contribution >= 0.6 is 0 Å². The molecule has 0 aliphatic carbocycles. The molecule has 1 heterocycles. The number of rotatable bonds is 4. The lowest BCUT2D eigenvalue weighted by Gasteiger charge is -2.29. The average molecular weight is 385 g/mol. The van der Waals surface area contributed by atoms with E-state index in [4.69, 9.17) is 4.74 Å². The molecule has 0 aromatic heterocycles. The first-order valence-corrected chi connectivity index (χ1v) is 9.81. The SMILES string of the molecule is COC(=O)/C(=C/c1ccc2ccccc2c1)CC(=O)N1CCCc2ccccc21. The predicted octanol–water partition coefficient (Wildman–Crippen LogP) is 4.77. The van der Waals surface area contributed by atoms with Gasteiger partial charge in [-0.15, -0.1) is 0 Å². The van der Waals surface area contributed by atoms with Gasteiger partial charge >= 0.3 is 5.97 Å². The van der Waals surface area contributed by atoms with Crippen molar-refractivity contribution in [1.29, 1.82) is 0 Å². The minimum atomic E-state index is -0.475. The molecule has 3 aromatic carbocycles. The molecule has 0 atom stereocenters. The standard InChI is InChI=1S/C25H23NO3/c1-29-25(28)22(16-18-12-13-19-7-2-3-9-21(19)15-18)17-24(27)26-14-6-10-20-8-4-5-11-23(20)26/h2-5,7-9,11-13,15-16H,6,10,14,17H2,1H3/b22-16+. The fourth-order valence-electron chi connectivity index (χ4n) is 3.86. The van der Waals surface area contributed by atoms with E-state index in [1.165, 1.54) is 12.7 Å². The number of aryl methyl sites for hydroxylation is 1. The van der Waals surface area contributed by atoms with E-state index in [-0.39, 0.29) is 12.3 Å². The molecule has 0 spiro atoms. The molecule has 0 radical (unpaired) electrons. The van der Waals surface area contributed by atoms with Crippen molar-refractivity contribution in [1.82, 2.24) is 0 Å². The number of amides is 1. The maximum atomic E-state index is 13.1. The van der Waals surface area contributed by atoms with Crippen molar-refractivity contribution in [2.75, 3.05) is 18.6 Å². The molecular weight excluding hydrogens is 362 g/mol. The van der Waals surface area contributed by atoms with Crippen molar-refractivity contribution < 1.29 is 14.3 Å². The van der Waals surface area contributed by atoms with Crippen LogP contribution in [0.4, 0.5) is 5.69 Å². The summed E-state index contributed by atoms with van der Waals surface area (Å²) in [6.45, 7) is 0.667. The van der Waals surface area contributed by atoms with Crippen LogP contribution in [0.2, 0.25) is 0 Å². The number of hydrogen-bond donors (Lipinski definition) is 0. The molecule has 0 saturated heterocycles. The van der Waals surface area contributed by atoms with E-state index < -0.39 is 5.97 Å². The van der Waals surface area contributed by atoms with Gasteiger partial charge in [-0.3, -0.25) is 4.79 Å². The highest BCUT2D eigenvalue weighted by Gasteiger charge is 2.24. The van der Waals surface area contributed by atoms with Crippen molar-refractivity contribution in [3.63, 3.8) is 0 Å². The quantitative estimate of drug-likeness (QED) is 0.480. The Balaban J connectivity index is 1.63. The first-order chi connectivity index (χ1) is 14.2. The first kappa shape index (κ1) is 18.9. The minimum Gasteiger partial charge on any atom is -0.466 e. The topological polar surface area (TPSA) is 46.6 Å². The molecular formula is C25H23NO3. The lowest BCUT2D eigenvalue weighted by atomic mass is 10.00. The Kier molecular flexibility index (Phi) is 5.43. The zero-order chi connectivity index (χ0) is 20.2. The Bertz CT molecular complexity index is 1100. The van der Waals surface area contributed by atoms with E-state index in [2.05, 4.69) is 6.07 Å². The first-order valence-electron chi connectivity index (χ1n) is 9.81. The molecule has 1 aliphatic rings. The zero-order valence-corrected chi connectivity index (χ0v) is 16.4. The Hall–Kier alpha value is -3.40. The predicted molar refractivity (Wildman–Crippen MR) is 116 cm³/mol. The van der Waals surface area contributed by atoms with Crippen LogP contribution in [0.5, 0.6) is 0 Å². The summed E-state index contributed by atoms with van der Waals surface area (Å²) in [7, 11) is 1.34. The number of carbonyl (C=O) groups is 2. The molecule has 0 bridgehead atoms. The Morgan fingerprint density at radius 3 is 2.59 bits per heavy atom. The lowest BCUT2D eigenvalue weighted by molar-refractivity contribution is -0.137. The fraction of sp³-hybridized carbons (Fsp3) is 0.200. The molecule has 146 valence electrons. The van der Waals surface area contributed by atoms with Gasteiger partial charge in [0.05, 0.1) is 13.5 Å². The van der Waals surface area contributed by atoms with E-state index >= 15 is 0 Å². The molecule has 1 amide bonds. The van der Waals surface area contributed by atoms with Crippen LogP contribution in [-0.2, 0) is 20.7 Å². The second-order valence-electron chi connectivity index (χ2n) is 7.22. The van der Waals surface area contributed by atoms with Crippen LogP contribution in [0.15, 0.2) is 72.3 Å². The normalized spacial score (nSPS) is 13.8. The van der Waals surface area contributed by atoms with Crippen LogP contribution in [0.3, 0.4) is 0 Å². The van der Waals surface area contributed by atoms with E-state index in [1.807, 2.05) is 60.7 Å². The second kappa shape index (κ2) is 8.31. The number of benzene rings is 3. The Morgan fingerprint density at radius 1 is 1.00 bits per heavy atom. The number of anilines is 1. The zero-order valence-electron chi connectivity index (χ0n) is 16.4. The van der Waals surface area contributed by atoms with Crippen molar-refractivity contribution in [2.24, 2.45) is 0 Å². The van der Waals surface area contributed by atoms with E-state index in [9.17, 15) is 9.59 Å². The number of nitrogens with zero attached hydrogens (tertiary/aromatic N) is 1. The smallest absolute Gasteiger partial charge is 0.334 e. The molecule has 29 heavy (non-hydrogen) atoms. The van der Waals surface area contributed by atoms with Crippen molar-refractivity contribution in [3.05, 3.63) is 83.4 Å².